The average Bonchev–Trinajstić information content (AvgIpc) is 2.56. The van der Waals surface area contributed by atoms with Crippen LogP contribution in [0.15, 0.2) is 48.2 Å². The van der Waals surface area contributed by atoms with Crippen LogP contribution in [0.5, 0.6) is 0 Å². The van der Waals surface area contributed by atoms with E-state index in [0.717, 1.165) is 34.5 Å². The maximum atomic E-state index is 12.8. The van der Waals surface area contributed by atoms with Gasteiger partial charge in [-0.1, -0.05) is 23.8 Å². The molecule has 0 aromatic heterocycles. The fraction of sp³-hybridized carbons (Fsp3) is 0.200. The molecule has 0 atom stereocenters. The number of hydrogen-bond acceptors (Lipinski definition) is 3. The van der Waals surface area contributed by atoms with E-state index < -0.39 is 17.6 Å². The van der Waals surface area contributed by atoms with Crippen LogP contribution in [0.1, 0.15) is 22.3 Å². The number of amides is 1. The van der Waals surface area contributed by atoms with Crippen molar-refractivity contribution in [2.75, 3.05) is 10.6 Å². The van der Waals surface area contributed by atoms with Crippen molar-refractivity contribution < 1.29 is 18.0 Å². The second kappa shape index (κ2) is 7.96. The Morgan fingerprint density at radius 1 is 1.11 bits per heavy atom. The summed E-state index contributed by atoms with van der Waals surface area (Å²) in [6.07, 6.45) is -3.27. The van der Waals surface area contributed by atoms with E-state index in [1.165, 1.54) is 18.3 Å². The fourth-order valence-corrected chi connectivity index (χ4v) is 2.67. The molecule has 0 aliphatic heterocycles. The van der Waals surface area contributed by atoms with Gasteiger partial charge in [0, 0.05) is 17.6 Å². The summed E-state index contributed by atoms with van der Waals surface area (Å²) in [4.78, 5) is 12.2. The highest BCUT2D eigenvalue weighted by Gasteiger charge is 2.30. The lowest BCUT2D eigenvalue weighted by atomic mass is 10.1. The van der Waals surface area contributed by atoms with Crippen molar-refractivity contribution in [3.63, 3.8) is 0 Å². The number of nitrogens with zero attached hydrogens (tertiary/aromatic N) is 1. The van der Waals surface area contributed by atoms with Crippen LogP contribution in [-0.2, 0) is 11.0 Å². The van der Waals surface area contributed by atoms with Gasteiger partial charge in [-0.25, -0.2) is 0 Å². The quantitative estimate of drug-likeness (QED) is 0.580. The Kier molecular flexibility index (Phi) is 5.91. The van der Waals surface area contributed by atoms with Gasteiger partial charge in [0.05, 0.1) is 5.56 Å². The number of rotatable bonds is 4. The molecule has 0 unspecified atom stereocenters. The fourth-order valence-electron chi connectivity index (χ4n) is 2.67. The number of aryl methyl sites for hydroxylation is 3. The summed E-state index contributed by atoms with van der Waals surface area (Å²) in [6, 6.07) is 9.89. The molecule has 4 nitrogen and oxygen atoms in total. The topological polar surface area (TPSA) is 64.9 Å². The molecule has 0 aliphatic rings. The molecule has 140 valence electrons. The molecule has 0 saturated carbocycles. The van der Waals surface area contributed by atoms with Crippen molar-refractivity contribution >= 4 is 17.3 Å². The zero-order valence-corrected chi connectivity index (χ0v) is 15.0. The van der Waals surface area contributed by atoms with Crippen molar-refractivity contribution in [2.45, 2.75) is 26.9 Å². The van der Waals surface area contributed by atoms with E-state index in [-0.39, 0.29) is 11.3 Å². The van der Waals surface area contributed by atoms with E-state index in [0.29, 0.717) is 0 Å². The minimum Gasteiger partial charge on any atom is -0.360 e. The third-order valence-electron chi connectivity index (χ3n) is 3.85. The molecule has 0 saturated heterocycles. The van der Waals surface area contributed by atoms with Crippen molar-refractivity contribution in [3.8, 4) is 6.07 Å². The Morgan fingerprint density at radius 2 is 1.74 bits per heavy atom. The van der Waals surface area contributed by atoms with Gasteiger partial charge in [0.2, 0.25) is 0 Å². The molecule has 7 heteroatoms. The molecule has 2 N–H and O–H groups in total. The van der Waals surface area contributed by atoms with Gasteiger partial charge >= 0.3 is 6.18 Å². The van der Waals surface area contributed by atoms with Crippen molar-refractivity contribution in [2.24, 2.45) is 0 Å². The highest BCUT2D eigenvalue weighted by Crippen LogP contribution is 2.30. The first kappa shape index (κ1) is 20.0. The Morgan fingerprint density at radius 3 is 2.30 bits per heavy atom. The lowest BCUT2D eigenvalue weighted by Crippen LogP contribution is -2.15. The summed E-state index contributed by atoms with van der Waals surface area (Å²) in [5, 5.41) is 14.5. The molecule has 0 fully saturated rings. The minimum absolute atomic E-state index is 0.0429. The predicted molar refractivity (Wildman–Crippen MR) is 98.0 cm³/mol. The van der Waals surface area contributed by atoms with Crippen LogP contribution in [-0.4, -0.2) is 5.91 Å². The number of carbonyl (C=O) groups is 1. The molecule has 0 radical (unpaired) electrons. The Balaban J connectivity index is 2.20. The average molecular weight is 373 g/mol. The van der Waals surface area contributed by atoms with Gasteiger partial charge in [0.25, 0.3) is 5.91 Å². The molecule has 0 spiro atoms. The van der Waals surface area contributed by atoms with Gasteiger partial charge in [0.1, 0.15) is 11.6 Å². The summed E-state index contributed by atoms with van der Waals surface area (Å²) in [5.41, 5.74) is 2.55. The molecular weight excluding hydrogens is 355 g/mol. The van der Waals surface area contributed by atoms with E-state index in [1.807, 2.05) is 32.9 Å². The summed E-state index contributed by atoms with van der Waals surface area (Å²) in [7, 11) is 0. The van der Waals surface area contributed by atoms with Crippen molar-refractivity contribution in [3.05, 3.63) is 70.4 Å². The highest BCUT2D eigenvalue weighted by molar-refractivity contribution is 6.06. The Labute approximate surface area is 155 Å². The maximum Gasteiger partial charge on any atom is 0.416 e. The number of halogens is 3. The lowest BCUT2D eigenvalue weighted by molar-refractivity contribution is -0.137. The van der Waals surface area contributed by atoms with Crippen LogP contribution in [0.2, 0.25) is 0 Å². The molecule has 0 bridgehead atoms. The van der Waals surface area contributed by atoms with E-state index in [2.05, 4.69) is 10.6 Å². The molecule has 1 amide bonds. The van der Waals surface area contributed by atoms with Crippen LogP contribution >= 0.6 is 0 Å². The van der Waals surface area contributed by atoms with Crippen molar-refractivity contribution in [1.82, 2.24) is 0 Å². The van der Waals surface area contributed by atoms with Crippen LogP contribution in [0.25, 0.3) is 0 Å². The van der Waals surface area contributed by atoms with Gasteiger partial charge < -0.3 is 10.6 Å². The summed E-state index contributed by atoms with van der Waals surface area (Å²) < 4.78 is 38.3. The molecule has 27 heavy (non-hydrogen) atoms. The second-order valence-corrected chi connectivity index (χ2v) is 6.12. The van der Waals surface area contributed by atoms with Crippen LogP contribution < -0.4 is 10.6 Å². The van der Waals surface area contributed by atoms with E-state index in [9.17, 15) is 23.2 Å². The first-order valence-electron chi connectivity index (χ1n) is 8.05. The molecular formula is C20H18F3N3O. The van der Waals surface area contributed by atoms with Gasteiger partial charge in [-0.05, 0) is 50.1 Å². The van der Waals surface area contributed by atoms with Gasteiger partial charge in [-0.3, -0.25) is 4.79 Å². The molecule has 2 aromatic carbocycles. The number of anilines is 2. The smallest absolute Gasteiger partial charge is 0.360 e. The first-order chi connectivity index (χ1) is 12.6. The van der Waals surface area contributed by atoms with Gasteiger partial charge in [0.15, 0.2) is 0 Å². The number of carbonyl (C=O) groups excluding carboxylic acids is 1. The van der Waals surface area contributed by atoms with E-state index in [1.54, 1.807) is 6.07 Å². The Hall–Kier alpha value is -3.27. The largest absolute Gasteiger partial charge is 0.416 e. The zero-order valence-electron chi connectivity index (χ0n) is 15.0. The summed E-state index contributed by atoms with van der Waals surface area (Å²) in [5.74, 6) is -0.799. The van der Waals surface area contributed by atoms with Gasteiger partial charge in [-0.2, -0.15) is 18.4 Å². The number of hydrogen-bond donors (Lipinski definition) is 2. The maximum absolute atomic E-state index is 12.8. The third-order valence-corrected chi connectivity index (χ3v) is 3.85. The van der Waals surface area contributed by atoms with Crippen LogP contribution in [0.3, 0.4) is 0 Å². The number of nitriles is 1. The lowest BCUT2D eigenvalue weighted by Gasteiger charge is -2.12. The van der Waals surface area contributed by atoms with E-state index in [4.69, 9.17) is 0 Å². The second-order valence-electron chi connectivity index (χ2n) is 6.12. The van der Waals surface area contributed by atoms with Gasteiger partial charge in [-0.15, -0.1) is 0 Å². The van der Waals surface area contributed by atoms with Crippen LogP contribution in [0, 0.1) is 32.1 Å². The highest BCUT2D eigenvalue weighted by atomic mass is 19.4. The Bertz CT molecular complexity index is 917. The van der Waals surface area contributed by atoms with Crippen molar-refractivity contribution in [1.29, 1.82) is 5.26 Å². The standard InChI is InChI=1S/C20H18F3N3O/c1-12-7-13(2)18(14(3)8-12)25-11-15(10-24)19(27)26-17-6-4-5-16(9-17)20(21,22)23/h4-9,11,25H,1-3H3,(H,26,27)/b15-11-. The molecule has 2 rings (SSSR count). The summed E-state index contributed by atoms with van der Waals surface area (Å²) >= 11 is 0. The number of nitrogens with one attached hydrogen (secondary N) is 2. The van der Waals surface area contributed by atoms with E-state index >= 15 is 0 Å². The SMILES string of the molecule is Cc1cc(C)c(N/C=C(/C#N)C(=O)Nc2cccc(C(F)(F)F)c2)c(C)c1. The molecule has 2 aromatic rings. The third kappa shape index (κ3) is 5.11. The minimum atomic E-state index is -4.52. The van der Waals surface area contributed by atoms with Crippen LogP contribution in [0.4, 0.5) is 24.5 Å². The first-order valence-corrected chi connectivity index (χ1v) is 8.05. The monoisotopic (exact) mass is 373 g/mol. The summed E-state index contributed by atoms with van der Waals surface area (Å²) in [6.45, 7) is 5.75. The number of alkyl halides is 3. The number of benzene rings is 2. The molecule has 0 heterocycles. The zero-order chi connectivity index (χ0) is 20.2. The predicted octanol–water partition coefficient (Wildman–Crippen LogP) is 5.09. The molecule has 0 aliphatic carbocycles. The normalized spacial score (nSPS) is 11.7.